The summed E-state index contributed by atoms with van der Waals surface area (Å²) in [6.45, 7) is 9.35. The van der Waals surface area contributed by atoms with Crippen molar-refractivity contribution in [3.05, 3.63) is 53.6 Å². The number of carbonyl (C=O) groups excluding carboxylic acids is 1. The van der Waals surface area contributed by atoms with Crippen LogP contribution in [-0.2, 0) is 11.3 Å². The molecule has 1 saturated heterocycles. The molecule has 1 heterocycles. The van der Waals surface area contributed by atoms with E-state index in [4.69, 9.17) is 9.47 Å². The van der Waals surface area contributed by atoms with Gasteiger partial charge in [-0.05, 0) is 95.4 Å². The summed E-state index contributed by atoms with van der Waals surface area (Å²) in [5, 5.41) is 0. The Balaban J connectivity index is 1.75. The fourth-order valence-electron chi connectivity index (χ4n) is 3.87. The van der Waals surface area contributed by atoms with Crippen LogP contribution in [0.1, 0.15) is 57.6 Å². The fraction of sp³-hybridized carbons (Fsp3) is 0.483. The van der Waals surface area contributed by atoms with E-state index in [9.17, 15) is 4.79 Å². The zero-order valence-corrected chi connectivity index (χ0v) is 22.5. The van der Waals surface area contributed by atoms with E-state index in [1.165, 1.54) is 37.2 Å². The summed E-state index contributed by atoms with van der Waals surface area (Å²) in [6, 6.07) is 13.9. The van der Waals surface area contributed by atoms with Crippen molar-refractivity contribution in [1.29, 1.82) is 0 Å². The lowest BCUT2D eigenvalue weighted by Crippen LogP contribution is -2.33. The average Bonchev–Trinajstić information content (AvgIpc) is 2.83. The molecule has 0 atom stereocenters. The van der Waals surface area contributed by atoms with E-state index < -0.39 is 5.60 Å². The third-order valence-corrected chi connectivity index (χ3v) is 6.44. The number of ether oxygens (including phenoxy) is 2. The highest BCUT2D eigenvalue weighted by Gasteiger charge is 2.21. The fourth-order valence-corrected chi connectivity index (χ4v) is 4.28. The summed E-state index contributed by atoms with van der Waals surface area (Å²) in [5.41, 5.74) is 1.25. The Morgan fingerprint density at radius 2 is 1.80 bits per heavy atom. The highest BCUT2D eigenvalue weighted by molar-refractivity contribution is 7.98. The highest BCUT2D eigenvalue weighted by Crippen LogP contribution is 2.29. The Hall–Kier alpha value is -2.62. The van der Waals surface area contributed by atoms with Crippen LogP contribution in [0.2, 0.25) is 0 Å². The quantitative estimate of drug-likeness (QED) is 0.313. The zero-order chi connectivity index (χ0) is 25.3. The van der Waals surface area contributed by atoms with Crippen molar-refractivity contribution in [2.45, 2.75) is 63.5 Å². The Labute approximate surface area is 215 Å². The molecule has 1 fully saturated rings. The maximum Gasteiger partial charge on any atom is 0.410 e. The van der Waals surface area contributed by atoms with Gasteiger partial charge in [0.05, 0.1) is 6.54 Å². The topological polar surface area (TPSA) is 42.0 Å². The third kappa shape index (κ3) is 9.16. The van der Waals surface area contributed by atoms with Gasteiger partial charge in [0.1, 0.15) is 17.1 Å². The standard InChI is InChI=1S/C29H38N2O3S/c1-29(2,3)34-28(32)30(4)22-24-21-23(11-7-10-20-31-18-8-6-9-19-31)12-17-27(24)33-25-13-15-26(35-5)16-14-25/h12-17,21H,6,8-10,18-20,22H2,1-5H3. The molecular weight excluding hydrogens is 456 g/mol. The monoisotopic (exact) mass is 494 g/mol. The SMILES string of the molecule is CSc1ccc(Oc2ccc(C#CCCN3CCCCC3)cc2CN(C)C(=O)OC(C)(C)C)cc1. The van der Waals surface area contributed by atoms with Crippen molar-refractivity contribution in [2.75, 3.05) is 32.9 Å². The van der Waals surface area contributed by atoms with E-state index in [1.807, 2.05) is 69.5 Å². The van der Waals surface area contributed by atoms with Crippen LogP contribution in [0, 0.1) is 11.8 Å². The van der Waals surface area contributed by atoms with Crippen molar-refractivity contribution in [2.24, 2.45) is 0 Å². The van der Waals surface area contributed by atoms with Crippen LogP contribution in [0.3, 0.4) is 0 Å². The third-order valence-electron chi connectivity index (χ3n) is 5.69. The van der Waals surface area contributed by atoms with Crippen molar-refractivity contribution in [3.63, 3.8) is 0 Å². The number of thioether (sulfide) groups is 1. The first-order valence-electron chi connectivity index (χ1n) is 12.3. The first-order valence-corrected chi connectivity index (χ1v) is 13.6. The number of piperidine rings is 1. The summed E-state index contributed by atoms with van der Waals surface area (Å²) < 4.78 is 11.7. The molecule has 1 aliphatic heterocycles. The number of amides is 1. The molecule has 0 unspecified atom stereocenters. The van der Waals surface area contributed by atoms with E-state index in [0.717, 1.165) is 29.8 Å². The van der Waals surface area contributed by atoms with Crippen molar-refractivity contribution in [3.8, 4) is 23.3 Å². The zero-order valence-electron chi connectivity index (χ0n) is 21.7. The molecule has 6 heteroatoms. The summed E-state index contributed by atoms with van der Waals surface area (Å²) in [5.74, 6) is 8.09. The van der Waals surface area contributed by atoms with Crippen molar-refractivity contribution < 1.29 is 14.3 Å². The minimum atomic E-state index is -0.550. The molecule has 35 heavy (non-hydrogen) atoms. The number of hydrogen-bond acceptors (Lipinski definition) is 5. The second kappa shape index (κ2) is 12.9. The molecule has 0 radical (unpaired) electrons. The van der Waals surface area contributed by atoms with Crippen LogP contribution in [0.5, 0.6) is 11.5 Å². The first kappa shape index (κ1) is 27.0. The van der Waals surface area contributed by atoms with Gasteiger partial charge in [0.2, 0.25) is 0 Å². The predicted molar refractivity (Wildman–Crippen MR) is 144 cm³/mol. The van der Waals surface area contributed by atoms with E-state index in [0.29, 0.717) is 12.3 Å². The summed E-state index contributed by atoms with van der Waals surface area (Å²) in [7, 11) is 1.74. The lowest BCUT2D eigenvalue weighted by atomic mass is 10.1. The molecule has 2 aromatic carbocycles. The van der Waals surface area contributed by atoms with Crippen molar-refractivity contribution in [1.82, 2.24) is 9.80 Å². The summed E-state index contributed by atoms with van der Waals surface area (Å²) >= 11 is 1.69. The van der Waals surface area contributed by atoms with Gasteiger partial charge in [-0.1, -0.05) is 18.3 Å². The minimum Gasteiger partial charge on any atom is -0.457 e. The van der Waals surface area contributed by atoms with Gasteiger partial charge in [-0.25, -0.2) is 4.79 Å². The molecule has 1 amide bonds. The predicted octanol–water partition coefficient (Wildman–Crippen LogP) is 6.80. The molecule has 0 saturated carbocycles. The van der Waals surface area contributed by atoms with E-state index in [-0.39, 0.29) is 6.09 Å². The second-order valence-corrected chi connectivity index (χ2v) is 10.8. The molecule has 0 N–H and O–H groups in total. The van der Waals surface area contributed by atoms with Gasteiger partial charge in [-0.2, -0.15) is 0 Å². The average molecular weight is 495 g/mol. The maximum atomic E-state index is 12.6. The first-order chi connectivity index (χ1) is 16.7. The van der Waals surface area contributed by atoms with Crippen LogP contribution in [-0.4, -0.2) is 54.4 Å². The highest BCUT2D eigenvalue weighted by atomic mass is 32.2. The molecule has 0 aliphatic carbocycles. The molecule has 0 bridgehead atoms. The Morgan fingerprint density at radius 3 is 2.46 bits per heavy atom. The van der Waals surface area contributed by atoms with E-state index in [2.05, 4.69) is 16.7 Å². The number of hydrogen-bond donors (Lipinski definition) is 0. The van der Waals surface area contributed by atoms with Gasteiger partial charge >= 0.3 is 6.09 Å². The van der Waals surface area contributed by atoms with Crippen LogP contribution in [0.25, 0.3) is 0 Å². The van der Waals surface area contributed by atoms with Gasteiger partial charge in [0.25, 0.3) is 0 Å². The molecule has 0 aromatic heterocycles. The molecule has 188 valence electrons. The van der Waals surface area contributed by atoms with E-state index >= 15 is 0 Å². The van der Waals surface area contributed by atoms with Crippen LogP contribution in [0.4, 0.5) is 4.79 Å². The van der Waals surface area contributed by atoms with Crippen LogP contribution < -0.4 is 4.74 Å². The lowest BCUT2D eigenvalue weighted by Gasteiger charge is -2.25. The smallest absolute Gasteiger partial charge is 0.410 e. The van der Waals surface area contributed by atoms with Crippen LogP contribution >= 0.6 is 11.8 Å². The van der Waals surface area contributed by atoms with Crippen molar-refractivity contribution >= 4 is 17.9 Å². The Kier molecular flexibility index (Phi) is 9.94. The molecule has 0 spiro atoms. The van der Waals surface area contributed by atoms with Gasteiger partial charge in [-0.15, -0.1) is 11.8 Å². The maximum absolute atomic E-state index is 12.6. The van der Waals surface area contributed by atoms with E-state index in [1.54, 1.807) is 23.7 Å². The normalized spacial score (nSPS) is 14.1. The number of benzene rings is 2. The molecule has 3 rings (SSSR count). The number of likely N-dealkylation sites (tertiary alicyclic amines) is 1. The molecule has 1 aliphatic rings. The number of nitrogens with zero attached hydrogens (tertiary/aromatic N) is 2. The lowest BCUT2D eigenvalue weighted by molar-refractivity contribution is 0.0284. The number of carbonyl (C=O) groups is 1. The van der Waals surface area contributed by atoms with Gasteiger partial charge in [-0.3, -0.25) is 0 Å². The molecule has 2 aromatic rings. The van der Waals surface area contributed by atoms with Gasteiger partial charge in [0.15, 0.2) is 0 Å². The largest absolute Gasteiger partial charge is 0.457 e. The van der Waals surface area contributed by atoms with Crippen LogP contribution in [0.15, 0.2) is 47.4 Å². The molecular formula is C29H38N2O3S. The minimum absolute atomic E-state index is 0.358. The second-order valence-electron chi connectivity index (χ2n) is 9.89. The Morgan fingerprint density at radius 1 is 1.09 bits per heavy atom. The Bertz CT molecular complexity index is 1030. The van der Waals surface area contributed by atoms with Gasteiger partial charge in [0, 0.05) is 36.0 Å². The number of rotatable bonds is 7. The molecule has 5 nitrogen and oxygen atoms in total. The summed E-state index contributed by atoms with van der Waals surface area (Å²) in [6.07, 6.45) is 6.47. The van der Waals surface area contributed by atoms with Gasteiger partial charge < -0.3 is 19.3 Å². The summed E-state index contributed by atoms with van der Waals surface area (Å²) in [4.78, 5) is 17.8.